The molecule has 0 bridgehead atoms. The van der Waals surface area contributed by atoms with Crippen molar-refractivity contribution in [3.8, 4) is 17.0 Å². The molecule has 0 fully saturated rings. The number of amides is 1. The van der Waals surface area contributed by atoms with E-state index >= 15 is 0 Å². The van der Waals surface area contributed by atoms with Gasteiger partial charge >= 0.3 is 0 Å². The number of pyridine rings is 1. The SMILES string of the molecule is COc1ccccc1CC(=O)N(Cc1ccccc1)Cc1nc(C)ncc1-c1ccccn1. The Bertz CT molecular complexity index is 1210. The number of hydrogen-bond acceptors (Lipinski definition) is 5. The Balaban J connectivity index is 1.67. The number of benzene rings is 2. The minimum Gasteiger partial charge on any atom is -0.496 e. The van der Waals surface area contributed by atoms with Crippen molar-refractivity contribution in [2.75, 3.05) is 7.11 Å². The number of aryl methyl sites for hydroxylation is 1. The zero-order chi connectivity index (χ0) is 23.0. The van der Waals surface area contributed by atoms with Crippen LogP contribution in [0.4, 0.5) is 0 Å². The molecule has 0 saturated heterocycles. The maximum Gasteiger partial charge on any atom is 0.227 e. The summed E-state index contributed by atoms with van der Waals surface area (Å²) in [5.74, 6) is 1.35. The quantitative estimate of drug-likeness (QED) is 0.401. The van der Waals surface area contributed by atoms with E-state index < -0.39 is 0 Å². The molecule has 2 aromatic carbocycles. The highest BCUT2D eigenvalue weighted by Crippen LogP contribution is 2.23. The number of rotatable bonds is 8. The van der Waals surface area contributed by atoms with Gasteiger partial charge in [0, 0.05) is 30.1 Å². The third-order valence-corrected chi connectivity index (χ3v) is 5.37. The minimum atomic E-state index is -0.00779. The normalized spacial score (nSPS) is 10.6. The van der Waals surface area contributed by atoms with E-state index in [4.69, 9.17) is 4.74 Å². The first-order valence-corrected chi connectivity index (χ1v) is 10.8. The second-order valence-electron chi connectivity index (χ2n) is 7.72. The van der Waals surface area contributed by atoms with Crippen LogP contribution in [0.1, 0.15) is 22.6 Å². The summed E-state index contributed by atoms with van der Waals surface area (Å²) in [4.78, 5) is 28.9. The monoisotopic (exact) mass is 438 g/mol. The molecule has 6 heteroatoms. The van der Waals surface area contributed by atoms with E-state index in [1.54, 1.807) is 19.5 Å². The average molecular weight is 439 g/mol. The lowest BCUT2D eigenvalue weighted by Gasteiger charge is -2.24. The third-order valence-electron chi connectivity index (χ3n) is 5.37. The lowest BCUT2D eigenvalue weighted by molar-refractivity contribution is -0.131. The molecule has 1 amide bonds. The second kappa shape index (κ2) is 10.5. The van der Waals surface area contributed by atoms with Crippen molar-refractivity contribution < 1.29 is 9.53 Å². The molecule has 0 atom stereocenters. The highest BCUT2D eigenvalue weighted by Gasteiger charge is 2.20. The highest BCUT2D eigenvalue weighted by atomic mass is 16.5. The number of carbonyl (C=O) groups excluding carboxylic acids is 1. The molecule has 0 spiro atoms. The van der Waals surface area contributed by atoms with Crippen molar-refractivity contribution in [1.82, 2.24) is 19.9 Å². The Hall–Kier alpha value is -4.06. The number of ether oxygens (including phenoxy) is 1. The number of nitrogens with zero attached hydrogens (tertiary/aromatic N) is 4. The Labute approximate surface area is 193 Å². The van der Waals surface area contributed by atoms with E-state index in [2.05, 4.69) is 15.0 Å². The van der Waals surface area contributed by atoms with Crippen molar-refractivity contribution in [1.29, 1.82) is 0 Å². The summed E-state index contributed by atoms with van der Waals surface area (Å²) in [6, 6.07) is 23.3. The van der Waals surface area contributed by atoms with Crippen LogP contribution in [0, 0.1) is 6.92 Å². The van der Waals surface area contributed by atoms with Crippen LogP contribution >= 0.6 is 0 Å². The predicted octanol–water partition coefficient (Wildman–Crippen LogP) is 4.63. The fourth-order valence-corrected chi connectivity index (χ4v) is 3.71. The van der Waals surface area contributed by atoms with Crippen LogP contribution in [0.5, 0.6) is 5.75 Å². The molecule has 0 radical (unpaired) electrons. The molecule has 2 heterocycles. The fourth-order valence-electron chi connectivity index (χ4n) is 3.71. The third kappa shape index (κ3) is 5.60. The van der Waals surface area contributed by atoms with Gasteiger partial charge in [-0.25, -0.2) is 9.97 Å². The van der Waals surface area contributed by atoms with Crippen LogP contribution in [0.15, 0.2) is 85.2 Å². The first-order valence-electron chi connectivity index (χ1n) is 10.8. The van der Waals surface area contributed by atoms with Crippen LogP contribution < -0.4 is 4.74 Å². The summed E-state index contributed by atoms with van der Waals surface area (Å²) >= 11 is 0. The van der Waals surface area contributed by atoms with Gasteiger partial charge in [-0.1, -0.05) is 54.6 Å². The predicted molar refractivity (Wildman–Crippen MR) is 127 cm³/mol. The lowest BCUT2D eigenvalue weighted by Crippen LogP contribution is -2.32. The zero-order valence-electron chi connectivity index (χ0n) is 18.8. The van der Waals surface area contributed by atoms with Gasteiger partial charge in [0.05, 0.1) is 31.5 Å². The van der Waals surface area contributed by atoms with E-state index in [-0.39, 0.29) is 12.3 Å². The number of carbonyl (C=O) groups is 1. The maximum atomic E-state index is 13.5. The molecule has 0 aliphatic rings. The van der Waals surface area contributed by atoms with Crippen molar-refractivity contribution in [2.24, 2.45) is 0 Å². The van der Waals surface area contributed by atoms with Crippen molar-refractivity contribution in [3.05, 3.63) is 108 Å². The molecule has 0 aliphatic carbocycles. The minimum absolute atomic E-state index is 0.00779. The highest BCUT2D eigenvalue weighted by molar-refractivity contribution is 5.79. The van der Waals surface area contributed by atoms with Gasteiger partial charge in [0.1, 0.15) is 11.6 Å². The van der Waals surface area contributed by atoms with Gasteiger partial charge < -0.3 is 9.64 Å². The Morgan fingerprint density at radius 2 is 1.67 bits per heavy atom. The summed E-state index contributed by atoms with van der Waals surface area (Å²) in [5.41, 5.74) is 4.28. The average Bonchev–Trinajstić information content (AvgIpc) is 2.85. The molecular formula is C27H26N4O2. The number of aromatic nitrogens is 3. The Morgan fingerprint density at radius 1 is 0.909 bits per heavy atom. The summed E-state index contributed by atoms with van der Waals surface area (Å²) in [7, 11) is 1.62. The van der Waals surface area contributed by atoms with Crippen LogP contribution in [0.25, 0.3) is 11.3 Å². The van der Waals surface area contributed by atoms with E-state index in [1.807, 2.05) is 84.6 Å². The standard InChI is InChI=1S/C27H26N4O2/c1-20-29-17-23(24-13-8-9-15-28-24)25(30-20)19-31(18-21-10-4-3-5-11-21)27(32)16-22-12-6-7-14-26(22)33-2/h3-15,17H,16,18-19H2,1-2H3. The molecule has 4 rings (SSSR count). The molecule has 2 aromatic heterocycles. The van der Waals surface area contributed by atoms with Gasteiger partial charge in [0.2, 0.25) is 5.91 Å². The van der Waals surface area contributed by atoms with Gasteiger partial charge in [-0.3, -0.25) is 9.78 Å². The fraction of sp³-hybridized carbons (Fsp3) is 0.185. The van der Waals surface area contributed by atoms with Crippen LogP contribution in [0.3, 0.4) is 0 Å². The van der Waals surface area contributed by atoms with Gasteiger partial charge in [0.25, 0.3) is 0 Å². The van der Waals surface area contributed by atoms with Crippen LogP contribution in [-0.2, 0) is 24.3 Å². The number of methoxy groups -OCH3 is 1. The van der Waals surface area contributed by atoms with Crippen molar-refractivity contribution in [2.45, 2.75) is 26.4 Å². The largest absolute Gasteiger partial charge is 0.496 e. The van der Waals surface area contributed by atoms with Crippen LogP contribution in [0.2, 0.25) is 0 Å². The first kappa shape index (κ1) is 22.1. The van der Waals surface area contributed by atoms with Crippen molar-refractivity contribution in [3.63, 3.8) is 0 Å². The molecule has 0 N–H and O–H groups in total. The van der Waals surface area contributed by atoms with Crippen LogP contribution in [-0.4, -0.2) is 32.9 Å². The Morgan fingerprint density at radius 3 is 2.42 bits per heavy atom. The molecule has 166 valence electrons. The summed E-state index contributed by atoms with van der Waals surface area (Å²) in [6.07, 6.45) is 3.76. The topological polar surface area (TPSA) is 68.2 Å². The smallest absolute Gasteiger partial charge is 0.227 e. The number of hydrogen-bond donors (Lipinski definition) is 0. The summed E-state index contributed by atoms with van der Waals surface area (Å²) in [5, 5.41) is 0. The van der Waals surface area contributed by atoms with E-state index in [0.717, 1.165) is 28.1 Å². The Kier molecular flexibility index (Phi) is 7.05. The van der Waals surface area contributed by atoms with E-state index in [1.165, 1.54) is 0 Å². The maximum absolute atomic E-state index is 13.5. The molecule has 0 aliphatic heterocycles. The molecule has 6 nitrogen and oxygen atoms in total. The molecule has 0 saturated carbocycles. The summed E-state index contributed by atoms with van der Waals surface area (Å²) in [6.45, 7) is 2.67. The van der Waals surface area contributed by atoms with Gasteiger partial charge in [0.15, 0.2) is 0 Å². The van der Waals surface area contributed by atoms with E-state index in [0.29, 0.717) is 24.7 Å². The molecular weight excluding hydrogens is 412 g/mol. The summed E-state index contributed by atoms with van der Waals surface area (Å²) < 4.78 is 5.46. The lowest BCUT2D eigenvalue weighted by atomic mass is 10.1. The van der Waals surface area contributed by atoms with E-state index in [9.17, 15) is 4.79 Å². The molecule has 33 heavy (non-hydrogen) atoms. The zero-order valence-corrected chi connectivity index (χ0v) is 18.8. The van der Waals surface area contributed by atoms with Gasteiger partial charge in [-0.05, 0) is 30.7 Å². The van der Waals surface area contributed by atoms with Gasteiger partial charge in [-0.2, -0.15) is 0 Å². The first-order chi connectivity index (χ1) is 16.1. The molecule has 4 aromatic rings. The molecule has 0 unspecified atom stereocenters. The van der Waals surface area contributed by atoms with Crippen molar-refractivity contribution >= 4 is 5.91 Å². The number of para-hydroxylation sites is 1. The van der Waals surface area contributed by atoms with Gasteiger partial charge in [-0.15, -0.1) is 0 Å². The second-order valence-corrected chi connectivity index (χ2v) is 7.72.